The van der Waals surface area contributed by atoms with Crippen molar-refractivity contribution in [1.29, 1.82) is 0 Å². The normalized spacial score (nSPS) is 10.8. The van der Waals surface area contributed by atoms with Gasteiger partial charge in [0.1, 0.15) is 0 Å². The van der Waals surface area contributed by atoms with Gasteiger partial charge in [-0.2, -0.15) is 5.10 Å². The minimum atomic E-state index is 0.486. The van der Waals surface area contributed by atoms with E-state index in [0.29, 0.717) is 6.04 Å². The third-order valence-electron chi connectivity index (χ3n) is 1.55. The first kappa shape index (κ1) is 7.32. The van der Waals surface area contributed by atoms with E-state index in [1.165, 1.54) is 5.69 Å². The van der Waals surface area contributed by atoms with Crippen LogP contribution in [0.25, 0.3) is 0 Å². The summed E-state index contributed by atoms with van der Waals surface area (Å²) in [6, 6.07) is 2.56. The second-order valence-corrected chi connectivity index (χ2v) is 2.73. The van der Waals surface area contributed by atoms with Crippen molar-refractivity contribution in [2.45, 2.75) is 33.2 Å². The summed E-state index contributed by atoms with van der Waals surface area (Å²) >= 11 is 0. The Hall–Kier alpha value is -0.790. The summed E-state index contributed by atoms with van der Waals surface area (Å²) in [4.78, 5) is 0. The molecule has 56 valence electrons. The van der Waals surface area contributed by atoms with Crippen LogP contribution in [0.3, 0.4) is 0 Å². The van der Waals surface area contributed by atoms with Crippen LogP contribution in [0.5, 0.6) is 0 Å². The van der Waals surface area contributed by atoms with Crippen LogP contribution in [0.4, 0.5) is 0 Å². The van der Waals surface area contributed by atoms with E-state index in [9.17, 15) is 0 Å². The molecule has 0 unspecified atom stereocenters. The zero-order valence-electron chi connectivity index (χ0n) is 6.83. The lowest BCUT2D eigenvalue weighted by molar-refractivity contribution is 0.527. The van der Waals surface area contributed by atoms with Crippen LogP contribution in [0.1, 0.15) is 32.5 Å². The van der Waals surface area contributed by atoms with Gasteiger partial charge in [0.05, 0.1) is 5.69 Å². The molecule has 1 rings (SSSR count). The number of nitrogens with zero attached hydrogens (tertiary/aromatic N) is 2. The fourth-order valence-corrected chi connectivity index (χ4v) is 0.854. The molecule has 0 bridgehead atoms. The van der Waals surface area contributed by atoms with Gasteiger partial charge in [0.2, 0.25) is 0 Å². The molecule has 1 heterocycles. The Morgan fingerprint density at radius 1 is 1.60 bits per heavy atom. The highest BCUT2D eigenvalue weighted by Gasteiger charge is 1.98. The fourth-order valence-electron chi connectivity index (χ4n) is 0.854. The largest absolute Gasteiger partial charge is 0.270 e. The van der Waals surface area contributed by atoms with Gasteiger partial charge in [-0.25, -0.2) is 0 Å². The molecule has 2 heteroatoms. The van der Waals surface area contributed by atoms with Gasteiger partial charge < -0.3 is 0 Å². The van der Waals surface area contributed by atoms with Crippen LogP contribution in [-0.2, 0) is 6.42 Å². The van der Waals surface area contributed by atoms with Gasteiger partial charge in [0.15, 0.2) is 0 Å². The molecule has 0 aromatic carbocycles. The molecule has 0 aliphatic heterocycles. The fraction of sp³-hybridized carbons (Fsp3) is 0.625. The SMILES string of the molecule is CCc1ccn(C(C)C)n1. The number of rotatable bonds is 2. The van der Waals surface area contributed by atoms with Crippen LogP contribution in [-0.4, -0.2) is 9.78 Å². The van der Waals surface area contributed by atoms with Gasteiger partial charge in [-0.05, 0) is 26.3 Å². The van der Waals surface area contributed by atoms with E-state index in [1.807, 2.05) is 10.9 Å². The lowest BCUT2D eigenvalue weighted by atomic mass is 10.3. The third kappa shape index (κ3) is 1.38. The first-order chi connectivity index (χ1) is 4.74. The van der Waals surface area contributed by atoms with E-state index in [-0.39, 0.29) is 0 Å². The van der Waals surface area contributed by atoms with E-state index in [0.717, 1.165) is 6.42 Å². The molecular formula is C8H14N2. The van der Waals surface area contributed by atoms with Crippen molar-refractivity contribution in [3.8, 4) is 0 Å². The van der Waals surface area contributed by atoms with Gasteiger partial charge in [0.25, 0.3) is 0 Å². The van der Waals surface area contributed by atoms with Crippen molar-refractivity contribution in [3.63, 3.8) is 0 Å². The molecule has 1 aromatic rings. The molecule has 0 atom stereocenters. The van der Waals surface area contributed by atoms with E-state index in [2.05, 4.69) is 31.9 Å². The maximum absolute atomic E-state index is 4.34. The Labute approximate surface area is 61.9 Å². The van der Waals surface area contributed by atoms with Crippen LogP contribution in [0.2, 0.25) is 0 Å². The van der Waals surface area contributed by atoms with Crippen molar-refractivity contribution < 1.29 is 0 Å². The van der Waals surface area contributed by atoms with Crippen LogP contribution in [0, 0.1) is 0 Å². The lowest BCUT2D eigenvalue weighted by Crippen LogP contribution is -2.01. The highest BCUT2D eigenvalue weighted by molar-refractivity contribution is 4.98. The molecule has 0 aliphatic carbocycles. The molecular weight excluding hydrogens is 124 g/mol. The van der Waals surface area contributed by atoms with Gasteiger partial charge in [-0.15, -0.1) is 0 Å². The lowest BCUT2D eigenvalue weighted by Gasteiger charge is -2.02. The quantitative estimate of drug-likeness (QED) is 0.611. The molecule has 0 N–H and O–H groups in total. The summed E-state index contributed by atoms with van der Waals surface area (Å²) in [7, 11) is 0. The molecule has 0 saturated carbocycles. The zero-order chi connectivity index (χ0) is 7.56. The first-order valence-corrected chi connectivity index (χ1v) is 3.78. The second kappa shape index (κ2) is 2.86. The second-order valence-electron chi connectivity index (χ2n) is 2.73. The third-order valence-corrected chi connectivity index (χ3v) is 1.55. The van der Waals surface area contributed by atoms with Crippen molar-refractivity contribution in [2.24, 2.45) is 0 Å². The summed E-state index contributed by atoms with van der Waals surface area (Å²) in [6.07, 6.45) is 3.06. The molecule has 10 heavy (non-hydrogen) atoms. The van der Waals surface area contributed by atoms with Crippen molar-refractivity contribution in [1.82, 2.24) is 9.78 Å². The minimum absolute atomic E-state index is 0.486. The maximum atomic E-state index is 4.34. The number of aryl methyl sites for hydroxylation is 1. The van der Waals surface area contributed by atoms with Crippen LogP contribution in [0.15, 0.2) is 12.3 Å². The smallest absolute Gasteiger partial charge is 0.0621 e. The molecule has 2 nitrogen and oxygen atoms in total. The molecule has 0 radical (unpaired) electrons. The predicted octanol–water partition coefficient (Wildman–Crippen LogP) is 2.03. The van der Waals surface area contributed by atoms with Gasteiger partial charge >= 0.3 is 0 Å². The van der Waals surface area contributed by atoms with Crippen molar-refractivity contribution in [2.75, 3.05) is 0 Å². The number of aromatic nitrogens is 2. The standard InChI is InChI=1S/C8H14N2/c1-4-8-5-6-10(9-8)7(2)3/h5-7H,4H2,1-3H3. The topological polar surface area (TPSA) is 17.8 Å². The first-order valence-electron chi connectivity index (χ1n) is 3.78. The Morgan fingerprint density at radius 2 is 2.30 bits per heavy atom. The van der Waals surface area contributed by atoms with Crippen molar-refractivity contribution in [3.05, 3.63) is 18.0 Å². The summed E-state index contributed by atoms with van der Waals surface area (Å²) in [6.45, 7) is 6.38. The summed E-state index contributed by atoms with van der Waals surface area (Å²) in [5.74, 6) is 0. The predicted molar refractivity (Wildman–Crippen MR) is 42.0 cm³/mol. The van der Waals surface area contributed by atoms with Crippen LogP contribution >= 0.6 is 0 Å². The average Bonchev–Trinajstić information content (AvgIpc) is 2.34. The van der Waals surface area contributed by atoms with Gasteiger partial charge in [-0.1, -0.05) is 6.92 Å². The Morgan fingerprint density at radius 3 is 2.60 bits per heavy atom. The molecule has 1 aromatic heterocycles. The Kier molecular flexibility index (Phi) is 2.10. The highest BCUT2D eigenvalue weighted by atomic mass is 15.3. The van der Waals surface area contributed by atoms with Gasteiger partial charge in [-0.3, -0.25) is 4.68 Å². The Balaban J connectivity index is 2.78. The molecule has 0 fully saturated rings. The van der Waals surface area contributed by atoms with E-state index < -0.39 is 0 Å². The Bertz CT molecular complexity index is 201. The summed E-state index contributed by atoms with van der Waals surface area (Å²) in [5.41, 5.74) is 1.17. The maximum Gasteiger partial charge on any atom is 0.0621 e. The zero-order valence-corrected chi connectivity index (χ0v) is 6.83. The summed E-state index contributed by atoms with van der Waals surface area (Å²) in [5, 5.41) is 4.34. The van der Waals surface area contributed by atoms with Gasteiger partial charge in [0, 0.05) is 12.2 Å². The van der Waals surface area contributed by atoms with E-state index >= 15 is 0 Å². The van der Waals surface area contributed by atoms with E-state index in [4.69, 9.17) is 0 Å². The highest BCUT2D eigenvalue weighted by Crippen LogP contribution is 2.03. The average molecular weight is 138 g/mol. The van der Waals surface area contributed by atoms with E-state index in [1.54, 1.807) is 0 Å². The molecule has 0 spiro atoms. The molecule has 0 aliphatic rings. The molecule has 0 amide bonds. The molecule has 0 saturated heterocycles. The summed E-state index contributed by atoms with van der Waals surface area (Å²) < 4.78 is 1.98. The number of hydrogen-bond acceptors (Lipinski definition) is 1. The minimum Gasteiger partial charge on any atom is -0.270 e. The van der Waals surface area contributed by atoms with Crippen LogP contribution < -0.4 is 0 Å². The van der Waals surface area contributed by atoms with Crippen molar-refractivity contribution >= 4 is 0 Å². The number of hydrogen-bond donors (Lipinski definition) is 0. The monoisotopic (exact) mass is 138 g/mol.